The van der Waals surface area contributed by atoms with Crippen LogP contribution in [0.1, 0.15) is 31.7 Å². The van der Waals surface area contributed by atoms with Crippen LogP contribution in [0, 0.1) is 5.92 Å². The molecule has 0 aromatic heterocycles. The van der Waals surface area contributed by atoms with E-state index in [-0.39, 0.29) is 11.8 Å². The van der Waals surface area contributed by atoms with E-state index >= 15 is 0 Å². The summed E-state index contributed by atoms with van der Waals surface area (Å²) in [5, 5.41) is 9.16. The van der Waals surface area contributed by atoms with Crippen LogP contribution in [-0.4, -0.2) is 41.6 Å². The number of amides is 1. The smallest absolute Gasteiger partial charge is 0.326 e. The van der Waals surface area contributed by atoms with Gasteiger partial charge in [0.15, 0.2) is 0 Å². The number of hydrogen-bond acceptors (Lipinski definition) is 3. The van der Waals surface area contributed by atoms with Gasteiger partial charge in [-0.1, -0.05) is 25.1 Å². The van der Waals surface area contributed by atoms with Gasteiger partial charge in [0.2, 0.25) is 5.91 Å². The van der Waals surface area contributed by atoms with Crippen LogP contribution < -0.4 is 4.74 Å². The second-order valence-corrected chi connectivity index (χ2v) is 5.91. The second kappa shape index (κ2) is 7.29. The average Bonchev–Trinajstić information content (AvgIpc) is 2.97. The molecule has 0 spiro atoms. The summed E-state index contributed by atoms with van der Waals surface area (Å²) in [5.74, 6) is 0.000702. The third kappa shape index (κ3) is 3.78. The number of nitrogens with zero attached hydrogens (tertiary/aromatic N) is 1. The number of carboxylic acids is 1. The molecule has 22 heavy (non-hydrogen) atoms. The molecule has 0 bridgehead atoms. The van der Waals surface area contributed by atoms with Crippen molar-refractivity contribution in [3.63, 3.8) is 0 Å². The minimum absolute atomic E-state index is 0.0627. The minimum atomic E-state index is -0.900. The van der Waals surface area contributed by atoms with Crippen LogP contribution in [0.15, 0.2) is 24.3 Å². The molecule has 1 N–H and O–H groups in total. The van der Waals surface area contributed by atoms with Crippen molar-refractivity contribution in [1.82, 2.24) is 4.90 Å². The summed E-state index contributed by atoms with van der Waals surface area (Å²) in [6.07, 6.45) is 2.43. The molecular weight excluding hydrogens is 282 g/mol. The Hall–Kier alpha value is -2.04. The number of benzene rings is 1. The van der Waals surface area contributed by atoms with Gasteiger partial charge in [-0.15, -0.1) is 0 Å². The van der Waals surface area contributed by atoms with E-state index in [1.54, 1.807) is 7.11 Å². The fourth-order valence-electron chi connectivity index (χ4n) is 3.06. The van der Waals surface area contributed by atoms with Crippen LogP contribution >= 0.6 is 0 Å². The lowest BCUT2D eigenvalue weighted by atomic mass is 9.96. The lowest BCUT2D eigenvalue weighted by Crippen LogP contribution is -2.41. The molecule has 1 aromatic carbocycles. The maximum atomic E-state index is 12.3. The highest BCUT2D eigenvalue weighted by molar-refractivity contribution is 5.84. The highest BCUT2D eigenvalue weighted by atomic mass is 16.5. The molecule has 1 amide bonds. The Morgan fingerprint density at radius 2 is 2.14 bits per heavy atom. The number of hydrogen-bond donors (Lipinski definition) is 1. The van der Waals surface area contributed by atoms with Crippen LogP contribution in [0.3, 0.4) is 0 Å². The Kier molecular flexibility index (Phi) is 5.41. The fourth-order valence-corrected chi connectivity index (χ4v) is 3.06. The second-order valence-electron chi connectivity index (χ2n) is 5.91. The molecule has 1 aromatic rings. The maximum absolute atomic E-state index is 12.3. The summed E-state index contributed by atoms with van der Waals surface area (Å²) < 4.78 is 5.33. The van der Waals surface area contributed by atoms with Gasteiger partial charge in [0.1, 0.15) is 11.8 Å². The van der Waals surface area contributed by atoms with Gasteiger partial charge in [-0.2, -0.15) is 0 Å². The van der Waals surface area contributed by atoms with E-state index in [9.17, 15) is 9.59 Å². The molecule has 0 aliphatic carbocycles. The minimum Gasteiger partial charge on any atom is -0.496 e. The average molecular weight is 305 g/mol. The Morgan fingerprint density at radius 1 is 1.41 bits per heavy atom. The number of para-hydroxylation sites is 1. The van der Waals surface area contributed by atoms with Crippen LogP contribution in [0.25, 0.3) is 0 Å². The summed E-state index contributed by atoms with van der Waals surface area (Å²) in [7, 11) is 1.64. The first-order valence-electron chi connectivity index (χ1n) is 7.67. The van der Waals surface area contributed by atoms with Crippen molar-refractivity contribution in [2.24, 2.45) is 5.92 Å². The van der Waals surface area contributed by atoms with E-state index < -0.39 is 12.0 Å². The van der Waals surface area contributed by atoms with Crippen molar-refractivity contribution in [2.45, 2.75) is 38.6 Å². The summed E-state index contributed by atoms with van der Waals surface area (Å²) in [4.78, 5) is 25.0. The van der Waals surface area contributed by atoms with Gasteiger partial charge in [-0.05, 0) is 36.8 Å². The van der Waals surface area contributed by atoms with Gasteiger partial charge in [0.25, 0.3) is 0 Å². The van der Waals surface area contributed by atoms with Gasteiger partial charge in [-0.25, -0.2) is 4.79 Å². The van der Waals surface area contributed by atoms with Gasteiger partial charge in [-0.3, -0.25) is 4.79 Å². The fraction of sp³-hybridized carbons (Fsp3) is 0.529. The number of aliphatic carboxylic acids is 1. The lowest BCUT2D eigenvalue weighted by molar-refractivity contribution is -0.148. The number of carbonyl (C=O) groups excluding carboxylic acids is 1. The van der Waals surface area contributed by atoms with Crippen molar-refractivity contribution in [3.8, 4) is 5.75 Å². The molecule has 0 saturated carbocycles. The SMILES string of the molecule is COc1ccccc1C[C@H](C)CC(=O)N1CCC[C@@H]1C(=O)O. The number of carbonyl (C=O) groups is 2. The zero-order valence-electron chi connectivity index (χ0n) is 13.1. The van der Waals surface area contributed by atoms with Crippen molar-refractivity contribution in [3.05, 3.63) is 29.8 Å². The molecule has 0 unspecified atom stereocenters. The van der Waals surface area contributed by atoms with Crippen molar-refractivity contribution in [1.29, 1.82) is 0 Å². The number of likely N-dealkylation sites (tertiary alicyclic amines) is 1. The van der Waals surface area contributed by atoms with Crippen molar-refractivity contribution < 1.29 is 19.4 Å². The summed E-state index contributed by atoms with van der Waals surface area (Å²) >= 11 is 0. The zero-order chi connectivity index (χ0) is 16.1. The van der Waals surface area contributed by atoms with Crippen LogP contribution in [-0.2, 0) is 16.0 Å². The molecule has 5 nitrogen and oxygen atoms in total. The molecule has 1 heterocycles. The van der Waals surface area contributed by atoms with E-state index in [1.165, 1.54) is 4.90 Å². The molecule has 1 aliphatic rings. The first kappa shape index (κ1) is 16.3. The van der Waals surface area contributed by atoms with Crippen molar-refractivity contribution in [2.75, 3.05) is 13.7 Å². The van der Waals surface area contributed by atoms with Crippen LogP contribution in [0.2, 0.25) is 0 Å². The molecule has 2 atom stereocenters. The van der Waals surface area contributed by atoms with E-state index in [0.29, 0.717) is 19.4 Å². The predicted molar refractivity (Wildman–Crippen MR) is 82.8 cm³/mol. The standard InChI is InChI=1S/C17H23NO4/c1-12(10-13-6-3-4-8-15(13)22-2)11-16(19)18-9-5-7-14(18)17(20)21/h3-4,6,8,12,14H,5,7,9-11H2,1-2H3,(H,20,21)/t12-,14+/m0/s1. The molecular formula is C17H23NO4. The highest BCUT2D eigenvalue weighted by Gasteiger charge is 2.34. The molecule has 5 heteroatoms. The maximum Gasteiger partial charge on any atom is 0.326 e. The van der Waals surface area contributed by atoms with Gasteiger partial charge >= 0.3 is 5.97 Å². The Bertz CT molecular complexity index is 543. The number of ether oxygens (including phenoxy) is 1. The quantitative estimate of drug-likeness (QED) is 0.876. The normalized spacial score (nSPS) is 19.0. The Morgan fingerprint density at radius 3 is 2.82 bits per heavy atom. The van der Waals surface area contributed by atoms with Crippen molar-refractivity contribution >= 4 is 11.9 Å². The summed E-state index contributed by atoms with van der Waals surface area (Å²) in [6.45, 7) is 2.56. The zero-order valence-corrected chi connectivity index (χ0v) is 13.1. The first-order chi connectivity index (χ1) is 10.5. The predicted octanol–water partition coefficient (Wildman–Crippen LogP) is 2.34. The largest absolute Gasteiger partial charge is 0.496 e. The van der Waals surface area contributed by atoms with E-state index in [1.807, 2.05) is 31.2 Å². The van der Waals surface area contributed by atoms with Crippen LogP contribution in [0.5, 0.6) is 5.75 Å². The van der Waals surface area contributed by atoms with Crippen LogP contribution in [0.4, 0.5) is 0 Å². The Labute approximate surface area is 130 Å². The molecule has 1 saturated heterocycles. The third-order valence-corrected chi connectivity index (χ3v) is 4.14. The molecule has 0 radical (unpaired) electrons. The molecule has 2 rings (SSSR count). The highest BCUT2D eigenvalue weighted by Crippen LogP contribution is 2.24. The van der Waals surface area contributed by atoms with Gasteiger partial charge in [0, 0.05) is 13.0 Å². The first-order valence-corrected chi connectivity index (χ1v) is 7.67. The van der Waals surface area contributed by atoms with E-state index in [2.05, 4.69) is 0 Å². The molecule has 120 valence electrons. The van der Waals surface area contributed by atoms with E-state index in [4.69, 9.17) is 9.84 Å². The third-order valence-electron chi connectivity index (χ3n) is 4.14. The topological polar surface area (TPSA) is 66.8 Å². The molecule has 1 aliphatic heterocycles. The monoisotopic (exact) mass is 305 g/mol. The summed E-state index contributed by atoms with van der Waals surface area (Å²) in [5.41, 5.74) is 1.07. The van der Waals surface area contributed by atoms with Gasteiger partial charge < -0.3 is 14.7 Å². The molecule has 1 fully saturated rings. The summed E-state index contributed by atoms with van der Waals surface area (Å²) in [6, 6.07) is 7.12. The van der Waals surface area contributed by atoms with Gasteiger partial charge in [0.05, 0.1) is 7.11 Å². The lowest BCUT2D eigenvalue weighted by Gasteiger charge is -2.23. The Balaban J connectivity index is 1.95. The number of rotatable bonds is 6. The van der Waals surface area contributed by atoms with E-state index in [0.717, 1.165) is 24.2 Å². The number of carboxylic acid groups (broad SMARTS) is 1. The number of methoxy groups -OCH3 is 1.